The summed E-state index contributed by atoms with van der Waals surface area (Å²) in [4.78, 5) is 12.8. The maximum Gasteiger partial charge on any atom is 0.234 e. The Bertz CT molecular complexity index is 417. The van der Waals surface area contributed by atoms with Crippen LogP contribution in [0, 0.1) is 5.92 Å². The van der Waals surface area contributed by atoms with E-state index in [9.17, 15) is 4.79 Å². The van der Waals surface area contributed by atoms with Gasteiger partial charge in [0.1, 0.15) is 0 Å². The van der Waals surface area contributed by atoms with Crippen molar-refractivity contribution in [3.8, 4) is 0 Å². The third-order valence-electron chi connectivity index (χ3n) is 2.31. The Hall–Kier alpha value is -1.69. The fourth-order valence-corrected chi connectivity index (χ4v) is 1.55. The minimum Gasteiger partial charge on any atom is -0.409 e. The topological polar surface area (TPSA) is 87.7 Å². The molecule has 0 aromatic heterocycles. The van der Waals surface area contributed by atoms with Gasteiger partial charge in [0.2, 0.25) is 5.91 Å². The zero-order valence-electron chi connectivity index (χ0n) is 9.68. The maximum absolute atomic E-state index is 11.7. The first-order chi connectivity index (χ1) is 8.08. The molecule has 1 aromatic rings. The molecule has 0 aliphatic heterocycles. The van der Waals surface area contributed by atoms with E-state index in [-0.39, 0.29) is 11.7 Å². The van der Waals surface area contributed by atoms with E-state index in [1.54, 1.807) is 18.7 Å². The van der Waals surface area contributed by atoms with Gasteiger partial charge in [0, 0.05) is 10.6 Å². The predicted molar refractivity (Wildman–Crippen MR) is 69.4 cm³/mol. The van der Waals surface area contributed by atoms with Crippen molar-refractivity contribution >= 4 is 29.2 Å². The van der Waals surface area contributed by atoms with Gasteiger partial charge < -0.3 is 16.3 Å². The van der Waals surface area contributed by atoms with Crippen LogP contribution in [-0.4, -0.2) is 23.2 Å². The van der Waals surface area contributed by atoms with E-state index in [0.717, 1.165) is 4.90 Å². The first kappa shape index (κ1) is 13.4. The summed E-state index contributed by atoms with van der Waals surface area (Å²) in [6.07, 6.45) is 1.98. The largest absolute Gasteiger partial charge is 0.409 e. The summed E-state index contributed by atoms with van der Waals surface area (Å²) in [6, 6.07) is 7.44. The van der Waals surface area contributed by atoms with Crippen LogP contribution in [0.5, 0.6) is 0 Å². The molecule has 92 valence electrons. The zero-order chi connectivity index (χ0) is 12.8. The SMILES string of the molecule is CSc1ccc(NC(=O)C(C)/C(N)=N/O)cc1. The number of rotatable bonds is 4. The molecule has 0 heterocycles. The molecule has 1 atom stereocenters. The molecular formula is C11H15N3O2S. The fraction of sp³-hybridized carbons (Fsp3) is 0.273. The van der Waals surface area contributed by atoms with E-state index in [1.807, 2.05) is 30.5 Å². The molecular weight excluding hydrogens is 238 g/mol. The minimum absolute atomic E-state index is 0.108. The van der Waals surface area contributed by atoms with E-state index in [4.69, 9.17) is 10.9 Å². The molecule has 0 fully saturated rings. The molecule has 0 spiro atoms. The Morgan fingerprint density at radius 2 is 2.06 bits per heavy atom. The van der Waals surface area contributed by atoms with Gasteiger partial charge in [0.15, 0.2) is 5.84 Å². The number of nitrogens with one attached hydrogen (secondary N) is 1. The van der Waals surface area contributed by atoms with Crippen LogP contribution < -0.4 is 11.1 Å². The number of nitrogens with two attached hydrogens (primary N) is 1. The summed E-state index contributed by atoms with van der Waals surface area (Å²) < 4.78 is 0. The van der Waals surface area contributed by atoms with Crippen LogP contribution in [0.1, 0.15) is 6.92 Å². The molecule has 4 N–H and O–H groups in total. The summed E-state index contributed by atoms with van der Waals surface area (Å²) in [5, 5.41) is 14.0. The highest BCUT2D eigenvalue weighted by Gasteiger charge is 2.17. The van der Waals surface area contributed by atoms with E-state index in [2.05, 4.69) is 10.5 Å². The minimum atomic E-state index is -0.666. The summed E-state index contributed by atoms with van der Waals surface area (Å²) >= 11 is 1.63. The van der Waals surface area contributed by atoms with Gasteiger partial charge in [0.05, 0.1) is 5.92 Å². The van der Waals surface area contributed by atoms with Gasteiger partial charge in [0.25, 0.3) is 0 Å². The van der Waals surface area contributed by atoms with E-state index in [1.165, 1.54) is 0 Å². The Morgan fingerprint density at radius 1 is 1.47 bits per heavy atom. The molecule has 5 nitrogen and oxygen atoms in total. The first-order valence-electron chi connectivity index (χ1n) is 5.00. The molecule has 17 heavy (non-hydrogen) atoms. The van der Waals surface area contributed by atoms with Crippen molar-refractivity contribution in [2.75, 3.05) is 11.6 Å². The van der Waals surface area contributed by atoms with Crippen molar-refractivity contribution < 1.29 is 10.0 Å². The highest BCUT2D eigenvalue weighted by Crippen LogP contribution is 2.17. The second-order valence-corrected chi connectivity index (χ2v) is 4.34. The number of carbonyl (C=O) groups is 1. The number of nitrogens with zero attached hydrogens (tertiary/aromatic N) is 1. The molecule has 1 aromatic carbocycles. The van der Waals surface area contributed by atoms with Crippen molar-refractivity contribution in [1.29, 1.82) is 0 Å². The number of anilines is 1. The van der Waals surface area contributed by atoms with Crippen molar-refractivity contribution in [2.45, 2.75) is 11.8 Å². The fourth-order valence-electron chi connectivity index (χ4n) is 1.15. The summed E-state index contributed by atoms with van der Waals surface area (Å²) in [7, 11) is 0. The Kier molecular flexibility index (Phi) is 4.84. The van der Waals surface area contributed by atoms with E-state index >= 15 is 0 Å². The zero-order valence-corrected chi connectivity index (χ0v) is 10.5. The smallest absolute Gasteiger partial charge is 0.234 e. The highest BCUT2D eigenvalue weighted by molar-refractivity contribution is 7.98. The van der Waals surface area contributed by atoms with E-state index < -0.39 is 5.92 Å². The van der Waals surface area contributed by atoms with Crippen molar-refractivity contribution in [3.63, 3.8) is 0 Å². The number of hydrogen-bond acceptors (Lipinski definition) is 4. The summed E-state index contributed by atoms with van der Waals surface area (Å²) in [5.41, 5.74) is 6.04. The number of carbonyl (C=O) groups excluding carboxylic acids is 1. The monoisotopic (exact) mass is 253 g/mol. The normalized spacial score (nSPS) is 13.2. The molecule has 6 heteroatoms. The quantitative estimate of drug-likeness (QED) is 0.251. The van der Waals surface area contributed by atoms with Gasteiger partial charge in [-0.05, 0) is 37.4 Å². The average Bonchev–Trinajstić information content (AvgIpc) is 2.37. The molecule has 0 bridgehead atoms. The maximum atomic E-state index is 11.7. The summed E-state index contributed by atoms with van der Waals surface area (Å²) in [6.45, 7) is 1.57. The van der Waals surface area contributed by atoms with Crippen molar-refractivity contribution in [3.05, 3.63) is 24.3 Å². The molecule has 0 saturated heterocycles. The van der Waals surface area contributed by atoms with Crippen LogP contribution in [0.15, 0.2) is 34.3 Å². The molecule has 1 rings (SSSR count). The van der Waals surface area contributed by atoms with Gasteiger partial charge in [-0.2, -0.15) is 0 Å². The number of thioether (sulfide) groups is 1. The third-order valence-corrected chi connectivity index (χ3v) is 3.05. The standard InChI is InChI=1S/C11H15N3O2S/c1-7(10(12)14-16)11(15)13-8-3-5-9(17-2)6-4-8/h3-7,16H,1-2H3,(H2,12,14)(H,13,15). The third kappa shape index (κ3) is 3.67. The van der Waals surface area contributed by atoms with Crippen LogP contribution >= 0.6 is 11.8 Å². The molecule has 0 aliphatic carbocycles. The Morgan fingerprint density at radius 3 is 2.53 bits per heavy atom. The second kappa shape index (κ2) is 6.15. The van der Waals surface area contributed by atoms with Gasteiger partial charge in [-0.1, -0.05) is 5.16 Å². The van der Waals surface area contributed by atoms with Crippen LogP contribution in [0.3, 0.4) is 0 Å². The lowest BCUT2D eigenvalue weighted by Gasteiger charge is -2.10. The summed E-state index contributed by atoms with van der Waals surface area (Å²) in [5.74, 6) is -1.08. The van der Waals surface area contributed by atoms with Crippen LogP contribution in [-0.2, 0) is 4.79 Å². The molecule has 0 aliphatic rings. The van der Waals surface area contributed by atoms with Crippen molar-refractivity contribution in [2.24, 2.45) is 16.8 Å². The molecule has 0 radical (unpaired) electrons. The van der Waals surface area contributed by atoms with Crippen LogP contribution in [0.25, 0.3) is 0 Å². The van der Waals surface area contributed by atoms with Crippen LogP contribution in [0.2, 0.25) is 0 Å². The van der Waals surface area contributed by atoms with E-state index in [0.29, 0.717) is 5.69 Å². The molecule has 0 saturated carbocycles. The number of amides is 1. The average molecular weight is 253 g/mol. The van der Waals surface area contributed by atoms with Gasteiger partial charge >= 0.3 is 0 Å². The van der Waals surface area contributed by atoms with Crippen LogP contribution in [0.4, 0.5) is 5.69 Å². The van der Waals surface area contributed by atoms with Gasteiger partial charge in [-0.3, -0.25) is 4.79 Å². The lowest BCUT2D eigenvalue weighted by molar-refractivity contribution is -0.117. The number of hydrogen-bond donors (Lipinski definition) is 3. The Labute approximate surface area is 104 Å². The lowest BCUT2D eigenvalue weighted by atomic mass is 10.1. The number of oxime groups is 1. The highest BCUT2D eigenvalue weighted by atomic mass is 32.2. The second-order valence-electron chi connectivity index (χ2n) is 3.46. The number of benzene rings is 1. The lowest BCUT2D eigenvalue weighted by Crippen LogP contribution is -2.32. The molecule has 1 unspecified atom stereocenters. The van der Waals surface area contributed by atoms with Gasteiger partial charge in [-0.15, -0.1) is 11.8 Å². The van der Waals surface area contributed by atoms with Gasteiger partial charge in [-0.25, -0.2) is 0 Å². The molecule has 1 amide bonds. The number of amidine groups is 1. The van der Waals surface area contributed by atoms with Crippen molar-refractivity contribution in [1.82, 2.24) is 0 Å². The Balaban J connectivity index is 2.67. The first-order valence-corrected chi connectivity index (χ1v) is 6.23. The predicted octanol–water partition coefficient (Wildman–Crippen LogP) is 1.73.